The van der Waals surface area contributed by atoms with Gasteiger partial charge in [0, 0.05) is 61.7 Å². The predicted octanol–water partition coefficient (Wildman–Crippen LogP) is 5.06. The first-order valence-corrected chi connectivity index (χ1v) is 16.1. The fourth-order valence-electron chi connectivity index (χ4n) is 5.61. The van der Waals surface area contributed by atoms with Crippen LogP contribution in [0.4, 0.5) is 11.4 Å². The van der Waals surface area contributed by atoms with Crippen LogP contribution in [0.1, 0.15) is 34.3 Å². The van der Waals surface area contributed by atoms with Crippen LogP contribution in [0.5, 0.6) is 11.5 Å². The van der Waals surface area contributed by atoms with E-state index in [1.54, 1.807) is 49.7 Å². The number of carbonyl (C=O) groups is 1. The number of piperazine rings is 1. The number of hydrogen-bond donors (Lipinski definition) is 1. The van der Waals surface area contributed by atoms with E-state index in [0.717, 1.165) is 55.0 Å². The van der Waals surface area contributed by atoms with Crippen LogP contribution in [0.2, 0.25) is 0 Å². The van der Waals surface area contributed by atoms with Crippen LogP contribution in [-0.4, -0.2) is 70.2 Å². The number of ether oxygens (including phenoxy) is 2. The summed E-state index contributed by atoms with van der Waals surface area (Å²) in [6, 6.07) is 17.8. The lowest BCUT2D eigenvalue weighted by Crippen LogP contribution is -2.48. The number of aryl methyl sites for hydroxylation is 1. The van der Waals surface area contributed by atoms with Crippen LogP contribution in [-0.2, 0) is 23.0 Å². The number of carbonyl (C=O) groups excluding carboxylic acids is 1. The van der Waals surface area contributed by atoms with Gasteiger partial charge in [0.05, 0.1) is 19.4 Å². The van der Waals surface area contributed by atoms with Crippen molar-refractivity contribution >= 4 is 33.5 Å². The van der Waals surface area contributed by atoms with Gasteiger partial charge in [-0.05, 0) is 61.2 Å². The van der Waals surface area contributed by atoms with Crippen molar-refractivity contribution < 1.29 is 22.7 Å². The molecule has 1 atom stereocenters. The molecule has 9 nitrogen and oxygen atoms in total. The molecule has 0 aromatic heterocycles. The highest BCUT2D eigenvalue weighted by molar-refractivity contribution is 7.92. The molecule has 224 valence electrons. The molecule has 0 saturated carbocycles. The highest BCUT2D eigenvalue weighted by atomic mass is 32.2. The summed E-state index contributed by atoms with van der Waals surface area (Å²) in [5.41, 5.74) is 3.39. The monoisotopic (exact) mass is 600 g/mol. The van der Waals surface area contributed by atoms with Gasteiger partial charge in [-0.25, -0.2) is 8.42 Å². The maximum Gasteiger partial charge on any atom is 0.264 e. The SMILES string of the molecule is COc1c(CN2CCN(C(=O)c3ccc(NS(=O)(=O)c4cccc5c4N=CCC5)cc3)CC2)cccc1OCC1C=CC1. The number of methoxy groups -OCH3 is 1. The van der Waals surface area contributed by atoms with Gasteiger partial charge in [0.2, 0.25) is 0 Å². The van der Waals surface area contributed by atoms with E-state index in [1.165, 1.54) is 0 Å². The largest absolute Gasteiger partial charge is 0.493 e. The zero-order chi connectivity index (χ0) is 29.8. The first-order valence-electron chi connectivity index (χ1n) is 14.7. The van der Waals surface area contributed by atoms with E-state index in [0.29, 0.717) is 49.1 Å². The van der Waals surface area contributed by atoms with E-state index >= 15 is 0 Å². The Morgan fingerprint density at radius 3 is 2.51 bits per heavy atom. The van der Waals surface area contributed by atoms with Crippen molar-refractivity contribution in [3.63, 3.8) is 0 Å². The molecule has 2 aliphatic heterocycles. The summed E-state index contributed by atoms with van der Waals surface area (Å²) in [6.07, 6.45) is 8.69. The van der Waals surface area contributed by atoms with E-state index in [4.69, 9.17) is 9.47 Å². The van der Waals surface area contributed by atoms with Crippen LogP contribution in [0.3, 0.4) is 0 Å². The molecule has 43 heavy (non-hydrogen) atoms. The highest BCUT2D eigenvalue weighted by Crippen LogP contribution is 2.34. The average molecular weight is 601 g/mol. The molecular formula is C33H36N4O5S. The number of hydrogen-bond acceptors (Lipinski definition) is 7. The summed E-state index contributed by atoms with van der Waals surface area (Å²) in [7, 11) is -2.17. The maximum absolute atomic E-state index is 13.3. The summed E-state index contributed by atoms with van der Waals surface area (Å²) in [4.78, 5) is 21.9. The first-order chi connectivity index (χ1) is 20.9. The minimum Gasteiger partial charge on any atom is -0.493 e. The molecule has 1 aliphatic carbocycles. The number of amides is 1. The van der Waals surface area contributed by atoms with Gasteiger partial charge in [-0.1, -0.05) is 36.4 Å². The fraction of sp³-hybridized carbons (Fsp3) is 0.333. The van der Waals surface area contributed by atoms with Gasteiger partial charge in [0.1, 0.15) is 4.90 Å². The van der Waals surface area contributed by atoms with Crippen molar-refractivity contribution in [1.29, 1.82) is 0 Å². The Morgan fingerprint density at radius 1 is 1.02 bits per heavy atom. The fourth-order valence-corrected chi connectivity index (χ4v) is 6.86. The molecule has 0 spiro atoms. The molecule has 2 heterocycles. The van der Waals surface area contributed by atoms with Crippen LogP contribution in [0.25, 0.3) is 0 Å². The van der Waals surface area contributed by atoms with Gasteiger partial charge in [-0.3, -0.25) is 19.4 Å². The Kier molecular flexibility index (Phi) is 8.49. The van der Waals surface area contributed by atoms with Gasteiger partial charge in [-0.2, -0.15) is 0 Å². The van der Waals surface area contributed by atoms with E-state index in [-0.39, 0.29) is 10.8 Å². The smallest absolute Gasteiger partial charge is 0.264 e. The molecule has 3 aliphatic rings. The molecule has 3 aromatic rings. The molecule has 0 radical (unpaired) electrons. The molecule has 1 saturated heterocycles. The van der Waals surface area contributed by atoms with E-state index in [9.17, 15) is 13.2 Å². The first kappa shape index (κ1) is 28.9. The number of sulfonamides is 1. The topological polar surface area (TPSA) is 101 Å². The summed E-state index contributed by atoms with van der Waals surface area (Å²) < 4.78 is 40.7. The Bertz CT molecular complexity index is 1640. The third-order valence-corrected chi connectivity index (χ3v) is 9.55. The van der Waals surface area contributed by atoms with Gasteiger partial charge in [0.15, 0.2) is 11.5 Å². The summed E-state index contributed by atoms with van der Waals surface area (Å²) in [5, 5.41) is 0. The lowest BCUT2D eigenvalue weighted by molar-refractivity contribution is 0.0627. The van der Waals surface area contributed by atoms with Crippen LogP contribution in [0, 0.1) is 5.92 Å². The van der Waals surface area contributed by atoms with E-state index in [1.807, 2.05) is 23.1 Å². The second-order valence-electron chi connectivity index (χ2n) is 11.0. The number of nitrogens with one attached hydrogen (secondary N) is 1. The summed E-state index contributed by atoms with van der Waals surface area (Å²) in [6.45, 7) is 4.01. The minimum absolute atomic E-state index is 0.0708. The van der Waals surface area contributed by atoms with E-state index < -0.39 is 10.0 Å². The minimum atomic E-state index is -3.84. The molecular weight excluding hydrogens is 564 g/mol. The molecule has 3 aromatic carbocycles. The van der Waals surface area contributed by atoms with Gasteiger partial charge < -0.3 is 14.4 Å². The van der Waals surface area contributed by atoms with Crippen molar-refractivity contribution in [3.8, 4) is 11.5 Å². The number of fused-ring (bicyclic) bond motifs is 1. The molecule has 10 heteroatoms. The number of para-hydroxylation sites is 2. The summed E-state index contributed by atoms with van der Waals surface area (Å²) in [5.74, 6) is 1.92. The van der Waals surface area contributed by atoms with Gasteiger partial charge in [-0.15, -0.1) is 0 Å². The standard InChI is InChI=1S/C33H36N4O5S/c1-41-32-27(9-3-11-29(32)42-23-24-6-2-7-24)22-36-18-20-37(21-19-36)33(38)26-13-15-28(16-14-26)35-43(39,40)30-12-4-8-25-10-5-17-34-31(25)30/h2-4,6,8-9,11-17,24,35H,5,7,10,18-23H2,1H3. The van der Waals surface area contributed by atoms with Gasteiger partial charge >= 0.3 is 0 Å². The Labute approximate surface area is 252 Å². The zero-order valence-electron chi connectivity index (χ0n) is 24.2. The number of benzene rings is 3. The lowest BCUT2D eigenvalue weighted by Gasteiger charge is -2.35. The molecule has 6 rings (SSSR count). The Morgan fingerprint density at radius 2 is 1.79 bits per heavy atom. The molecule has 0 bridgehead atoms. The van der Waals surface area contributed by atoms with Crippen LogP contribution in [0.15, 0.2) is 82.7 Å². The third kappa shape index (κ3) is 6.45. The Balaban J connectivity index is 1.04. The summed E-state index contributed by atoms with van der Waals surface area (Å²) >= 11 is 0. The average Bonchev–Trinajstić information content (AvgIpc) is 3.00. The zero-order valence-corrected chi connectivity index (χ0v) is 25.1. The van der Waals surface area contributed by atoms with Crippen LogP contribution >= 0.6 is 0 Å². The second-order valence-corrected chi connectivity index (χ2v) is 12.7. The second kappa shape index (κ2) is 12.6. The number of nitrogens with zero attached hydrogens (tertiary/aromatic N) is 3. The third-order valence-electron chi connectivity index (χ3n) is 8.14. The van der Waals surface area contributed by atoms with E-state index in [2.05, 4.69) is 32.8 Å². The number of rotatable bonds is 10. The van der Waals surface area contributed by atoms with Crippen molar-refractivity contribution in [2.75, 3.05) is 44.6 Å². The van der Waals surface area contributed by atoms with Crippen molar-refractivity contribution in [1.82, 2.24) is 9.80 Å². The molecule has 1 unspecified atom stereocenters. The molecule has 1 N–H and O–H groups in total. The Hall–Kier alpha value is -4.15. The van der Waals surface area contributed by atoms with Crippen molar-refractivity contribution in [2.24, 2.45) is 10.9 Å². The molecule has 1 amide bonds. The molecule has 1 fully saturated rings. The lowest BCUT2D eigenvalue weighted by atomic mass is 9.97. The van der Waals surface area contributed by atoms with Crippen molar-refractivity contribution in [3.05, 3.63) is 89.5 Å². The predicted molar refractivity (Wildman–Crippen MR) is 167 cm³/mol. The van der Waals surface area contributed by atoms with Crippen molar-refractivity contribution in [2.45, 2.75) is 30.7 Å². The quantitative estimate of drug-likeness (QED) is 0.327. The highest BCUT2D eigenvalue weighted by Gasteiger charge is 2.25. The maximum atomic E-state index is 13.3. The number of allylic oxidation sites excluding steroid dienone is 1. The normalized spacial score (nSPS) is 18.1. The van der Waals surface area contributed by atoms with Crippen LogP contribution < -0.4 is 14.2 Å². The van der Waals surface area contributed by atoms with Gasteiger partial charge in [0.25, 0.3) is 15.9 Å². The number of anilines is 1. The number of aliphatic imine (C=N–C) groups is 1.